The number of carbonyl (C=O) groups excluding carboxylic acids is 1. The smallest absolute Gasteiger partial charge is 0.311 e. The molecule has 0 aromatic rings. The van der Waals surface area contributed by atoms with Gasteiger partial charge in [-0.2, -0.15) is 0 Å². The lowest BCUT2D eigenvalue weighted by Crippen LogP contribution is -2.54. The van der Waals surface area contributed by atoms with Crippen LogP contribution in [0.25, 0.3) is 0 Å². The average Bonchev–Trinajstić information content (AvgIpc) is 2.66. The number of esters is 1. The van der Waals surface area contributed by atoms with Crippen molar-refractivity contribution in [1.82, 2.24) is 4.90 Å². The van der Waals surface area contributed by atoms with Crippen LogP contribution in [-0.2, 0) is 19.0 Å². The SMILES string of the molecule is CC1CC(C)O[C@@H](O[C@H]2CCC(O)C[C@@H](C)CN(C)C(O)C(C)(O)COC(=O)C2C)C1. The Balaban J connectivity index is 2.15. The summed E-state index contributed by atoms with van der Waals surface area (Å²) in [4.78, 5) is 14.4. The highest BCUT2D eigenvalue weighted by Gasteiger charge is 2.38. The first-order valence-corrected chi connectivity index (χ1v) is 11.6. The molecule has 0 aromatic carbocycles. The molecule has 2 saturated heterocycles. The van der Waals surface area contributed by atoms with Crippen molar-refractivity contribution < 1.29 is 34.3 Å². The van der Waals surface area contributed by atoms with Crippen molar-refractivity contribution in [1.29, 1.82) is 0 Å². The normalized spacial score (nSPS) is 45.0. The fourth-order valence-electron chi connectivity index (χ4n) is 4.73. The van der Waals surface area contributed by atoms with Gasteiger partial charge in [-0.05, 0) is 65.3 Å². The predicted octanol–water partition coefficient (Wildman–Crippen LogP) is 1.89. The van der Waals surface area contributed by atoms with Gasteiger partial charge in [0.1, 0.15) is 18.4 Å². The zero-order chi connectivity index (χ0) is 23.3. The van der Waals surface area contributed by atoms with Gasteiger partial charge in [-0.1, -0.05) is 13.8 Å². The topological polar surface area (TPSA) is 109 Å². The quantitative estimate of drug-likeness (QED) is 0.553. The highest BCUT2D eigenvalue weighted by molar-refractivity contribution is 5.72. The Morgan fingerprint density at radius 1 is 1.06 bits per heavy atom. The van der Waals surface area contributed by atoms with E-state index in [9.17, 15) is 20.1 Å². The number of likely N-dealkylation sites (N-methyl/N-ethyl adjacent to an activating group) is 1. The second kappa shape index (κ2) is 11.4. The first kappa shape index (κ1) is 26.5. The number of carbonyl (C=O) groups is 1. The number of hydrogen-bond acceptors (Lipinski definition) is 8. The number of rotatable bonds is 2. The average molecular weight is 446 g/mol. The van der Waals surface area contributed by atoms with Crippen LogP contribution in [0.4, 0.5) is 0 Å². The maximum Gasteiger partial charge on any atom is 0.311 e. The summed E-state index contributed by atoms with van der Waals surface area (Å²) in [5.41, 5.74) is -1.62. The lowest BCUT2D eigenvalue weighted by atomic mass is 9.93. The maximum atomic E-state index is 12.8. The van der Waals surface area contributed by atoms with Gasteiger partial charge < -0.3 is 29.5 Å². The fourth-order valence-corrected chi connectivity index (χ4v) is 4.73. The van der Waals surface area contributed by atoms with Gasteiger partial charge in [0.15, 0.2) is 6.29 Å². The van der Waals surface area contributed by atoms with Crippen molar-refractivity contribution in [3.63, 3.8) is 0 Å². The highest BCUT2D eigenvalue weighted by atomic mass is 16.7. The highest BCUT2D eigenvalue weighted by Crippen LogP contribution is 2.29. The van der Waals surface area contributed by atoms with E-state index in [0.29, 0.717) is 31.7 Å². The Bertz CT molecular complexity index is 562. The number of aliphatic hydroxyl groups excluding tert-OH is 2. The van der Waals surface area contributed by atoms with Gasteiger partial charge in [-0.25, -0.2) is 0 Å². The summed E-state index contributed by atoms with van der Waals surface area (Å²) in [6.07, 6.45) is 0.754. The Labute approximate surface area is 186 Å². The Morgan fingerprint density at radius 3 is 2.39 bits per heavy atom. The summed E-state index contributed by atoms with van der Waals surface area (Å²) < 4.78 is 17.6. The zero-order valence-electron chi connectivity index (χ0n) is 20.0. The molecule has 8 nitrogen and oxygen atoms in total. The number of nitrogens with zero attached hydrogens (tertiary/aromatic N) is 1. The monoisotopic (exact) mass is 445 g/mol. The number of hydrogen-bond donors (Lipinski definition) is 3. The first-order valence-electron chi connectivity index (χ1n) is 11.6. The molecular weight excluding hydrogens is 402 g/mol. The summed E-state index contributed by atoms with van der Waals surface area (Å²) in [6.45, 7) is 9.54. The maximum absolute atomic E-state index is 12.8. The Hall–Kier alpha value is -0.770. The molecule has 6 unspecified atom stereocenters. The van der Waals surface area contributed by atoms with E-state index >= 15 is 0 Å². The molecule has 0 aromatic heterocycles. The molecule has 0 spiro atoms. The van der Waals surface area contributed by atoms with Crippen LogP contribution in [0, 0.1) is 17.8 Å². The molecule has 2 aliphatic heterocycles. The lowest BCUT2D eigenvalue weighted by Gasteiger charge is -2.38. The van der Waals surface area contributed by atoms with Crippen LogP contribution >= 0.6 is 0 Å². The molecule has 182 valence electrons. The van der Waals surface area contributed by atoms with Crippen molar-refractivity contribution in [2.75, 3.05) is 20.2 Å². The molecule has 0 saturated carbocycles. The minimum atomic E-state index is -1.62. The van der Waals surface area contributed by atoms with E-state index in [-0.39, 0.29) is 18.6 Å². The van der Waals surface area contributed by atoms with Crippen LogP contribution in [0.2, 0.25) is 0 Å². The molecule has 2 rings (SSSR count). The van der Waals surface area contributed by atoms with E-state index in [0.717, 1.165) is 12.8 Å². The molecule has 2 fully saturated rings. The van der Waals surface area contributed by atoms with Crippen molar-refractivity contribution in [2.45, 2.75) is 103 Å². The van der Waals surface area contributed by atoms with Gasteiger partial charge in [-0.15, -0.1) is 0 Å². The summed E-state index contributed by atoms with van der Waals surface area (Å²) in [6, 6.07) is 0. The predicted molar refractivity (Wildman–Crippen MR) is 116 cm³/mol. The van der Waals surface area contributed by atoms with Crippen molar-refractivity contribution in [3.8, 4) is 0 Å². The number of cyclic esters (lactones) is 1. The van der Waals surface area contributed by atoms with Crippen LogP contribution in [-0.4, -0.2) is 82.8 Å². The summed E-state index contributed by atoms with van der Waals surface area (Å²) in [7, 11) is 1.70. The summed E-state index contributed by atoms with van der Waals surface area (Å²) in [5.74, 6) is -0.531. The largest absolute Gasteiger partial charge is 0.462 e. The van der Waals surface area contributed by atoms with E-state index in [4.69, 9.17) is 14.2 Å². The van der Waals surface area contributed by atoms with Gasteiger partial charge in [0.05, 0.1) is 24.2 Å². The molecule has 9 atom stereocenters. The van der Waals surface area contributed by atoms with E-state index in [2.05, 4.69) is 6.92 Å². The first-order chi connectivity index (χ1) is 14.4. The molecule has 0 radical (unpaired) electrons. The lowest BCUT2D eigenvalue weighted by molar-refractivity contribution is -0.232. The standard InChI is InChI=1S/C23H43NO7/c1-14-9-16(3)30-20(11-14)31-19-8-7-18(25)10-15(2)12-24(6)22(27)23(5,28)13-29-21(26)17(19)4/h14-20,22,25,27-28H,7-13H2,1-6H3/t14?,15-,16?,17?,18?,19+,20+,22?,23?/m1/s1. The Morgan fingerprint density at radius 2 is 1.74 bits per heavy atom. The van der Waals surface area contributed by atoms with E-state index < -0.39 is 42.2 Å². The van der Waals surface area contributed by atoms with Crippen LogP contribution in [0.5, 0.6) is 0 Å². The number of ether oxygens (including phenoxy) is 3. The van der Waals surface area contributed by atoms with Crippen LogP contribution in [0.15, 0.2) is 0 Å². The number of aliphatic hydroxyl groups is 3. The van der Waals surface area contributed by atoms with Gasteiger partial charge in [-0.3, -0.25) is 9.69 Å². The van der Waals surface area contributed by atoms with Crippen LogP contribution in [0.3, 0.4) is 0 Å². The van der Waals surface area contributed by atoms with Crippen molar-refractivity contribution in [2.24, 2.45) is 17.8 Å². The van der Waals surface area contributed by atoms with Crippen LogP contribution in [0.1, 0.15) is 66.7 Å². The van der Waals surface area contributed by atoms with Gasteiger partial charge in [0.25, 0.3) is 0 Å². The fraction of sp³-hybridized carbons (Fsp3) is 0.957. The molecule has 31 heavy (non-hydrogen) atoms. The van der Waals surface area contributed by atoms with Crippen molar-refractivity contribution >= 4 is 5.97 Å². The molecule has 3 N–H and O–H groups in total. The van der Waals surface area contributed by atoms with Crippen molar-refractivity contribution in [3.05, 3.63) is 0 Å². The molecule has 0 bridgehead atoms. The Kier molecular flexibility index (Phi) is 9.73. The zero-order valence-corrected chi connectivity index (χ0v) is 20.0. The van der Waals surface area contributed by atoms with Crippen LogP contribution < -0.4 is 0 Å². The minimum Gasteiger partial charge on any atom is -0.462 e. The minimum absolute atomic E-state index is 0.0922. The van der Waals surface area contributed by atoms with Gasteiger partial charge in [0.2, 0.25) is 0 Å². The second-order valence-corrected chi connectivity index (χ2v) is 10.3. The third-order valence-electron chi connectivity index (χ3n) is 6.51. The third kappa shape index (κ3) is 7.94. The van der Waals surface area contributed by atoms with E-state index in [1.54, 1.807) is 18.9 Å². The molecule has 0 amide bonds. The van der Waals surface area contributed by atoms with Gasteiger partial charge >= 0.3 is 5.97 Å². The molecule has 2 heterocycles. The third-order valence-corrected chi connectivity index (χ3v) is 6.51. The summed E-state index contributed by atoms with van der Waals surface area (Å²) >= 11 is 0. The van der Waals surface area contributed by atoms with E-state index in [1.807, 2.05) is 13.8 Å². The molecule has 2 aliphatic rings. The molecule has 0 aliphatic carbocycles. The molecule has 8 heteroatoms. The van der Waals surface area contributed by atoms with Gasteiger partial charge in [0, 0.05) is 13.0 Å². The second-order valence-electron chi connectivity index (χ2n) is 10.3. The molecular formula is C23H43NO7. The summed E-state index contributed by atoms with van der Waals surface area (Å²) in [5, 5.41) is 31.8. The van der Waals surface area contributed by atoms with E-state index in [1.165, 1.54) is 6.92 Å².